The van der Waals surface area contributed by atoms with E-state index in [0.29, 0.717) is 13.1 Å². The smallest absolute Gasteiger partial charge is 0.227 e. The van der Waals surface area contributed by atoms with Crippen molar-refractivity contribution in [3.63, 3.8) is 0 Å². The molecule has 0 radical (unpaired) electrons. The molecule has 0 N–H and O–H groups in total. The minimum atomic E-state index is -0.154. The maximum atomic E-state index is 13.4. The molecule has 2 atom stereocenters. The number of piperidine rings is 1. The lowest BCUT2D eigenvalue weighted by molar-refractivity contribution is -0.143. The summed E-state index contributed by atoms with van der Waals surface area (Å²) in [5.41, 5.74) is 3.59. The molecule has 2 aromatic carbocycles. The predicted octanol–water partition coefficient (Wildman–Crippen LogP) is 4.78. The summed E-state index contributed by atoms with van der Waals surface area (Å²) < 4.78 is 0. The van der Waals surface area contributed by atoms with Gasteiger partial charge >= 0.3 is 0 Å². The second-order valence-corrected chi connectivity index (χ2v) is 9.45. The maximum Gasteiger partial charge on any atom is 0.227 e. The number of carbonyl (C=O) groups excluding carboxylic acids is 2. The average molecular weight is 419 g/mol. The highest BCUT2D eigenvalue weighted by atomic mass is 16.2. The Labute approximate surface area is 186 Å². The maximum absolute atomic E-state index is 13.4. The van der Waals surface area contributed by atoms with Crippen LogP contribution >= 0.6 is 0 Å². The van der Waals surface area contributed by atoms with Crippen LogP contribution in [0.2, 0.25) is 0 Å². The summed E-state index contributed by atoms with van der Waals surface area (Å²) in [6, 6.07) is 18.6. The van der Waals surface area contributed by atoms with Gasteiger partial charge in [-0.2, -0.15) is 0 Å². The quantitative estimate of drug-likeness (QED) is 0.701. The fourth-order valence-corrected chi connectivity index (χ4v) is 5.30. The normalized spacial score (nSPS) is 21.8. The lowest BCUT2D eigenvalue weighted by atomic mass is 9.82. The van der Waals surface area contributed by atoms with E-state index in [4.69, 9.17) is 0 Å². The Hall–Kier alpha value is -2.62. The molecular weight excluding hydrogens is 384 g/mol. The van der Waals surface area contributed by atoms with E-state index in [1.54, 1.807) is 0 Å². The van der Waals surface area contributed by atoms with Crippen LogP contribution in [0.15, 0.2) is 54.6 Å². The molecule has 31 heavy (non-hydrogen) atoms. The minimum Gasteiger partial charge on any atom is -0.341 e. The molecule has 0 aromatic heterocycles. The van der Waals surface area contributed by atoms with Gasteiger partial charge in [0.1, 0.15) is 0 Å². The molecule has 1 saturated heterocycles. The molecule has 2 aromatic rings. The van der Waals surface area contributed by atoms with E-state index in [-0.39, 0.29) is 29.6 Å². The zero-order valence-corrected chi connectivity index (χ0v) is 18.8. The van der Waals surface area contributed by atoms with Gasteiger partial charge in [0.15, 0.2) is 0 Å². The van der Waals surface area contributed by atoms with Crippen LogP contribution in [0.1, 0.15) is 54.7 Å². The number of aryl methyl sites for hydroxylation is 1. The second kappa shape index (κ2) is 9.67. The third kappa shape index (κ3) is 5.17. The number of amides is 2. The zero-order chi connectivity index (χ0) is 21.8. The van der Waals surface area contributed by atoms with Gasteiger partial charge in [0.25, 0.3) is 0 Å². The lowest BCUT2D eigenvalue weighted by Crippen LogP contribution is -2.49. The van der Waals surface area contributed by atoms with Crippen LogP contribution in [0.25, 0.3) is 0 Å². The first-order valence-electron chi connectivity index (χ1n) is 11.7. The third-order valence-corrected chi connectivity index (χ3v) is 6.97. The molecule has 0 spiro atoms. The fraction of sp³-hybridized carbons (Fsp3) is 0.481. The molecule has 4 heteroatoms. The van der Waals surface area contributed by atoms with Crippen LogP contribution in [0.3, 0.4) is 0 Å². The van der Waals surface area contributed by atoms with E-state index in [0.717, 1.165) is 44.2 Å². The monoisotopic (exact) mass is 418 g/mol. The first-order chi connectivity index (χ1) is 15.0. The van der Waals surface area contributed by atoms with Gasteiger partial charge in [-0.3, -0.25) is 9.59 Å². The summed E-state index contributed by atoms with van der Waals surface area (Å²) in [5, 5.41) is 0. The minimum absolute atomic E-state index is 0.144. The summed E-state index contributed by atoms with van der Waals surface area (Å²) >= 11 is 0. The van der Waals surface area contributed by atoms with Gasteiger partial charge in [0.05, 0.1) is 5.92 Å². The van der Waals surface area contributed by atoms with Gasteiger partial charge in [-0.05, 0) is 37.3 Å². The van der Waals surface area contributed by atoms with Crippen molar-refractivity contribution in [3.8, 4) is 0 Å². The topological polar surface area (TPSA) is 40.6 Å². The largest absolute Gasteiger partial charge is 0.341 e. The molecular formula is C27H34N2O2. The van der Waals surface area contributed by atoms with E-state index in [1.165, 1.54) is 11.1 Å². The Balaban J connectivity index is 1.53. The highest BCUT2D eigenvalue weighted by Gasteiger charge is 2.38. The van der Waals surface area contributed by atoms with Crippen molar-refractivity contribution >= 4 is 11.8 Å². The van der Waals surface area contributed by atoms with Crippen molar-refractivity contribution in [2.75, 3.05) is 20.1 Å². The number of benzene rings is 2. The number of nitrogens with zero attached hydrogens (tertiary/aromatic N) is 2. The number of hydrogen-bond donors (Lipinski definition) is 0. The summed E-state index contributed by atoms with van der Waals surface area (Å²) in [6.07, 6.45) is 5.09. The zero-order valence-electron chi connectivity index (χ0n) is 18.8. The number of likely N-dealkylation sites (tertiary alicyclic amines) is 1. The molecule has 4 nitrogen and oxygen atoms in total. The summed E-state index contributed by atoms with van der Waals surface area (Å²) in [6.45, 7) is 3.98. The van der Waals surface area contributed by atoms with Gasteiger partial charge in [-0.1, -0.05) is 73.0 Å². The van der Waals surface area contributed by atoms with Crippen molar-refractivity contribution in [1.29, 1.82) is 0 Å². The first kappa shape index (κ1) is 21.6. The predicted molar refractivity (Wildman–Crippen MR) is 123 cm³/mol. The summed E-state index contributed by atoms with van der Waals surface area (Å²) in [4.78, 5) is 30.5. The molecule has 1 aliphatic carbocycles. The standard InChI is InChI=1S/C27H34N2O2/c1-20-9-8-14-23(15-20)24-16-25(19-29(18-24)27(31)22-12-6-7-13-22)26(30)28(2)17-21-10-4-3-5-11-21/h3-5,8-11,14-15,22,24-25H,6-7,12-13,16-19H2,1-2H3. The Bertz CT molecular complexity index is 904. The first-order valence-corrected chi connectivity index (χ1v) is 11.7. The summed E-state index contributed by atoms with van der Waals surface area (Å²) in [7, 11) is 1.88. The van der Waals surface area contributed by atoms with Crippen molar-refractivity contribution in [3.05, 3.63) is 71.3 Å². The van der Waals surface area contributed by atoms with Gasteiger partial charge in [0, 0.05) is 38.5 Å². The van der Waals surface area contributed by atoms with Crippen LogP contribution in [0.4, 0.5) is 0 Å². The number of rotatable bonds is 5. The SMILES string of the molecule is Cc1cccc(C2CC(C(=O)N(C)Cc3ccccc3)CN(C(=O)C3CCCC3)C2)c1. The van der Waals surface area contributed by atoms with E-state index in [9.17, 15) is 9.59 Å². The van der Waals surface area contributed by atoms with Gasteiger partial charge in [-0.15, -0.1) is 0 Å². The van der Waals surface area contributed by atoms with E-state index in [2.05, 4.69) is 43.3 Å². The van der Waals surface area contributed by atoms with Crippen molar-refractivity contribution in [2.45, 2.75) is 51.5 Å². The fourth-order valence-electron chi connectivity index (χ4n) is 5.30. The van der Waals surface area contributed by atoms with E-state index >= 15 is 0 Å². The Kier molecular flexibility index (Phi) is 6.74. The molecule has 2 fully saturated rings. The van der Waals surface area contributed by atoms with Crippen LogP contribution in [-0.2, 0) is 16.1 Å². The molecule has 2 aliphatic rings. The molecule has 1 saturated carbocycles. The van der Waals surface area contributed by atoms with Gasteiger partial charge < -0.3 is 9.80 Å². The summed E-state index contributed by atoms with van der Waals surface area (Å²) in [5.74, 6) is 0.606. The molecule has 2 unspecified atom stereocenters. The lowest BCUT2D eigenvalue weighted by Gasteiger charge is -2.40. The average Bonchev–Trinajstić information content (AvgIpc) is 3.33. The van der Waals surface area contributed by atoms with Crippen molar-refractivity contribution in [2.24, 2.45) is 11.8 Å². The van der Waals surface area contributed by atoms with E-state index in [1.807, 2.05) is 35.0 Å². The highest BCUT2D eigenvalue weighted by molar-refractivity contribution is 5.82. The highest BCUT2D eigenvalue weighted by Crippen LogP contribution is 2.34. The Morgan fingerprint density at radius 2 is 1.71 bits per heavy atom. The molecule has 2 amide bonds. The molecule has 164 valence electrons. The molecule has 4 rings (SSSR count). The van der Waals surface area contributed by atoms with Crippen LogP contribution in [0.5, 0.6) is 0 Å². The van der Waals surface area contributed by atoms with Crippen LogP contribution < -0.4 is 0 Å². The number of hydrogen-bond acceptors (Lipinski definition) is 2. The molecule has 1 heterocycles. The van der Waals surface area contributed by atoms with E-state index < -0.39 is 0 Å². The second-order valence-electron chi connectivity index (χ2n) is 9.45. The van der Waals surface area contributed by atoms with Crippen molar-refractivity contribution < 1.29 is 9.59 Å². The molecule has 0 bridgehead atoms. The van der Waals surface area contributed by atoms with Crippen LogP contribution in [0, 0.1) is 18.8 Å². The van der Waals surface area contributed by atoms with Gasteiger partial charge in [-0.25, -0.2) is 0 Å². The van der Waals surface area contributed by atoms with Crippen molar-refractivity contribution in [1.82, 2.24) is 9.80 Å². The number of carbonyl (C=O) groups is 2. The Morgan fingerprint density at radius 3 is 2.42 bits per heavy atom. The van der Waals surface area contributed by atoms with Crippen LogP contribution in [-0.4, -0.2) is 41.8 Å². The third-order valence-electron chi connectivity index (χ3n) is 6.97. The van der Waals surface area contributed by atoms with Gasteiger partial charge in [0.2, 0.25) is 11.8 Å². The molecule has 1 aliphatic heterocycles. The Morgan fingerprint density at radius 1 is 0.968 bits per heavy atom.